The van der Waals surface area contributed by atoms with Crippen molar-refractivity contribution in [1.29, 1.82) is 0 Å². The zero-order chi connectivity index (χ0) is 15.4. The monoisotopic (exact) mass is 367 g/mol. The molecule has 7 heteroatoms. The summed E-state index contributed by atoms with van der Waals surface area (Å²) in [6.07, 6.45) is -0.232. The van der Waals surface area contributed by atoms with E-state index in [4.69, 9.17) is 5.11 Å². The summed E-state index contributed by atoms with van der Waals surface area (Å²) >= 11 is 4.60. The largest absolute Gasteiger partial charge is 0.481 e. The first-order chi connectivity index (χ1) is 9.95. The number of nitro groups is 1. The molecule has 2 aromatic rings. The van der Waals surface area contributed by atoms with E-state index in [1.54, 1.807) is 12.1 Å². The van der Waals surface area contributed by atoms with E-state index in [2.05, 4.69) is 15.9 Å². The Labute approximate surface area is 133 Å². The van der Waals surface area contributed by atoms with Gasteiger partial charge in [-0.05, 0) is 35.9 Å². The molecule has 2 rings (SSSR count). The Balaban J connectivity index is 2.32. The molecule has 0 unspecified atom stereocenters. The second kappa shape index (κ2) is 6.73. The lowest BCUT2D eigenvalue weighted by Gasteiger charge is -2.05. The molecule has 0 saturated heterocycles. The third kappa shape index (κ3) is 4.30. The molecule has 2 aromatic carbocycles. The molecular weight excluding hydrogens is 358 g/mol. The first-order valence-electron chi connectivity index (χ1n) is 5.88. The van der Waals surface area contributed by atoms with Gasteiger partial charge in [-0.2, -0.15) is 0 Å². The van der Waals surface area contributed by atoms with Crippen LogP contribution in [0.4, 0.5) is 5.69 Å². The minimum atomic E-state index is -1.02. The van der Waals surface area contributed by atoms with Crippen LogP contribution in [0, 0.1) is 10.1 Å². The maximum Gasteiger partial charge on any atom is 0.307 e. The van der Waals surface area contributed by atoms with Gasteiger partial charge in [0.25, 0.3) is 5.69 Å². The third-order valence-electron chi connectivity index (χ3n) is 2.62. The van der Waals surface area contributed by atoms with E-state index in [9.17, 15) is 14.9 Å². The smallest absolute Gasteiger partial charge is 0.307 e. The number of rotatable bonds is 5. The zero-order valence-corrected chi connectivity index (χ0v) is 13.1. The summed E-state index contributed by atoms with van der Waals surface area (Å²) in [6.45, 7) is 0. The van der Waals surface area contributed by atoms with Crippen LogP contribution < -0.4 is 0 Å². The predicted octanol–water partition coefficient (Wildman–Crippen LogP) is 4.14. The lowest BCUT2D eigenvalue weighted by Crippen LogP contribution is -2.01. The summed E-state index contributed by atoms with van der Waals surface area (Å²) in [5.41, 5.74) is 0.330. The lowest BCUT2D eigenvalue weighted by atomic mass is 10.1. The van der Waals surface area contributed by atoms with Gasteiger partial charge < -0.3 is 5.11 Å². The average Bonchev–Trinajstić information content (AvgIpc) is 2.42. The number of carbonyl (C=O) groups is 1. The van der Waals surface area contributed by atoms with Crippen molar-refractivity contribution in [3.8, 4) is 0 Å². The van der Waals surface area contributed by atoms with Gasteiger partial charge in [0.1, 0.15) is 0 Å². The van der Waals surface area contributed by atoms with Crippen LogP contribution in [0.1, 0.15) is 5.56 Å². The molecule has 108 valence electrons. The number of nitro benzene ring substituents is 1. The molecule has 0 spiro atoms. The fourth-order valence-electron chi connectivity index (χ4n) is 1.71. The fourth-order valence-corrected chi connectivity index (χ4v) is 2.87. The lowest BCUT2D eigenvalue weighted by molar-refractivity contribution is -0.387. The summed E-state index contributed by atoms with van der Waals surface area (Å²) in [5, 5.41) is 19.9. The second-order valence-electron chi connectivity index (χ2n) is 4.19. The van der Waals surface area contributed by atoms with E-state index in [-0.39, 0.29) is 12.1 Å². The first kappa shape index (κ1) is 15.5. The number of carboxylic acids is 1. The van der Waals surface area contributed by atoms with Gasteiger partial charge in [0, 0.05) is 15.4 Å². The van der Waals surface area contributed by atoms with Gasteiger partial charge in [-0.1, -0.05) is 33.8 Å². The summed E-state index contributed by atoms with van der Waals surface area (Å²) in [5.74, 6) is -1.02. The Bertz CT molecular complexity index is 688. The highest BCUT2D eigenvalue weighted by atomic mass is 79.9. The summed E-state index contributed by atoms with van der Waals surface area (Å²) in [4.78, 5) is 22.7. The van der Waals surface area contributed by atoms with Gasteiger partial charge in [0.05, 0.1) is 16.2 Å². The average molecular weight is 368 g/mol. The van der Waals surface area contributed by atoms with Crippen LogP contribution in [0.25, 0.3) is 0 Å². The van der Waals surface area contributed by atoms with Crippen molar-refractivity contribution in [1.82, 2.24) is 0 Å². The highest BCUT2D eigenvalue weighted by Gasteiger charge is 2.16. The highest BCUT2D eigenvalue weighted by Crippen LogP contribution is 2.35. The van der Waals surface area contributed by atoms with E-state index in [1.807, 2.05) is 24.3 Å². The molecule has 0 radical (unpaired) electrons. The number of halogens is 1. The van der Waals surface area contributed by atoms with Crippen molar-refractivity contribution in [2.24, 2.45) is 0 Å². The molecule has 0 fully saturated rings. The van der Waals surface area contributed by atoms with E-state index in [0.29, 0.717) is 10.5 Å². The Kier molecular flexibility index (Phi) is 4.98. The van der Waals surface area contributed by atoms with E-state index < -0.39 is 10.9 Å². The molecule has 21 heavy (non-hydrogen) atoms. The minimum Gasteiger partial charge on any atom is -0.481 e. The Morgan fingerprint density at radius 2 is 1.90 bits per heavy atom. The molecule has 0 heterocycles. The molecule has 0 amide bonds. The van der Waals surface area contributed by atoms with Crippen LogP contribution in [0.5, 0.6) is 0 Å². The van der Waals surface area contributed by atoms with Gasteiger partial charge in [-0.25, -0.2) is 0 Å². The van der Waals surface area contributed by atoms with Crippen LogP contribution in [0.3, 0.4) is 0 Å². The van der Waals surface area contributed by atoms with Gasteiger partial charge >= 0.3 is 5.97 Å². The predicted molar refractivity (Wildman–Crippen MR) is 82.7 cm³/mol. The van der Waals surface area contributed by atoms with Gasteiger partial charge in [-0.15, -0.1) is 0 Å². The molecule has 0 aliphatic heterocycles. The quantitative estimate of drug-likeness (QED) is 0.634. The first-order valence-corrected chi connectivity index (χ1v) is 7.49. The standard InChI is InChI=1S/C14H10BrNO4S/c15-10-2-4-11(5-3-10)21-13-6-1-9(8-14(17)18)7-12(13)16(19)20/h1-7H,8H2,(H,17,18). The van der Waals surface area contributed by atoms with Crippen LogP contribution in [0.15, 0.2) is 56.7 Å². The van der Waals surface area contributed by atoms with Gasteiger partial charge in [0.2, 0.25) is 0 Å². The van der Waals surface area contributed by atoms with Crippen molar-refractivity contribution < 1.29 is 14.8 Å². The van der Waals surface area contributed by atoms with Crippen LogP contribution in [0.2, 0.25) is 0 Å². The topological polar surface area (TPSA) is 80.4 Å². The Morgan fingerprint density at radius 3 is 2.48 bits per heavy atom. The molecule has 1 N–H and O–H groups in total. The number of nitrogens with zero attached hydrogens (tertiary/aromatic N) is 1. The van der Waals surface area contributed by atoms with Crippen LogP contribution in [-0.4, -0.2) is 16.0 Å². The third-order valence-corrected chi connectivity index (χ3v) is 4.22. The molecule has 0 atom stereocenters. The number of carboxylic acid groups (broad SMARTS) is 1. The fraction of sp³-hybridized carbons (Fsp3) is 0.0714. The van der Waals surface area contributed by atoms with E-state index in [1.165, 1.54) is 17.8 Å². The molecule has 5 nitrogen and oxygen atoms in total. The van der Waals surface area contributed by atoms with Crippen molar-refractivity contribution in [3.05, 3.63) is 62.6 Å². The molecule has 0 aliphatic carbocycles. The van der Waals surface area contributed by atoms with E-state index in [0.717, 1.165) is 9.37 Å². The minimum absolute atomic E-state index is 0.0818. The van der Waals surface area contributed by atoms with Crippen LogP contribution >= 0.6 is 27.7 Å². The number of benzene rings is 2. The molecular formula is C14H10BrNO4S. The molecule has 0 bridgehead atoms. The Hall–Kier alpha value is -1.86. The molecule has 0 saturated carbocycles. The maximum atomic E-state index is 11.1. The van der Waals surface area contributed by atoms with E-state index >= 15 is 0 Å². The Morgan fingerprint density at radius 1 is 1.24 bits per heavy atom. The SMILES string of the molecule is O=C(O)Cc1ccc(Sc2ccc(Br)cc2)c([N+](=O)[O-])c1. The van der Waals surface area contributed by atoms with Crippen molar-refractivity contribution in [3.63, 3.8) is 0 Å². The highest BCUT2D eigenvalue weighted by molar-refractivity contribution is 9.10. The van der Waals surface area contributed by atoms with Crippen molar-refractivity contribution >= 4 is 39.3 Å². The van der Waals surface area contributed by atoms with Crippen LogP contribution in [-0.2, 0) is 11.2 Å². The summed E-state index contributed by atoms with van der Waals surface area (Å²) in [7, 11) is 0. The maximum absolute atomic E-state index is 11.1. The molecule has 0 aromatic heterocycles. The van der Waals surface area contributed by atoms with Crippen molar-refractivity contribution in [2.75, 3.05) is 0 Å². The normalized spacial score (nSPS) is 10.3. The van der Waals surface area contributed by atoms with Gasteiger partial charge in [-0.3, -0.25) is 14.9 Å². The van der Waals surface area contributed by atoms with Gasteiger partial charge in [0.15, 0.2) is 0 Å². The number of hydrogen-bond acceptors (Lipinski definition) is 4. The number of hydrogen-bond donors (Lipinski definition) is 1. The summed E-state index contributed by atoms with van der Waals surface area (Å²) in [6, 6.07) is 11.9. The second-order valence-corrected chi connectivity index (χ2v) is 6.22. The zero-order valence-electron chi connectivity index (χ0n) is 10.7. The van der Waals surface area contributed by atoms with Crippen molar-refractivity contribution in [2.45, 2.75) is 16.2 Å². The number of aliphatic carboxylic acids is 1. The molecule has 0 aliphatic rings. The summed E-state index contributed by atoms with van der Waals surface area (Å²) < 4.78 is 0.929.